The Morgan fingerprint density at radius 1 is 1.22 bits per heavy atom. The zero-order valence-electron chi connectivity index (χ0n) is 11.0. The largest absolute Gasteiger partial charge is 0.390 e. The first kappa shape index (κ1) is 14.0. The quantitative estimate of drug-likeness (QED) is 0.854. The first-order valence-corrected chi connectivity index (χ1v) is 7.25. The number of aliphatic hydroxyl groups is 1. The zero-order chi connectivity index (χ0) is 13.4. The Kier molecular flexibility index (Phi) is 3.84. The molecule has 0 heterocycles. The van der Waals surface area contributed by atoms with Gasteiger partial charge in [0.15, 0.2) is 0 Å². The fraction of sp³-hybridized carbons (Fsp3) is 0.600. The summed E-state index contributed by atoms with van der Waals surface area (Å²) >= 11 is 3.25. The van der Waals surface area contributed by atoms with Crippen molar-refractivity contribution in [2.45, 2.75) is 51.6 Å². The second-order valence-electron chi connectivity index (χ2n) is 6.30. The van der Waals surface area contributed by atoms with Crippen LogP contribution in [0.4, 0.5) is 4.39 Å². The molecule has 2 rings (SSSR count). The second kappa shape index (κ2) is 4.93. The summed E-state index contributed by atoms with van der Waals surface area (Å²) in [6.45, 7) is 4.46. The lowest BCUT2D eigenvalue weighted by Crippen LogP contribution is -2.38. The summed E-state index contributed by atoms with van der Waals surface area (Å²) in [5, 5.41) is 10.6. The van der Waals surface area contributed by atoms with E-state index in [1.165, 1.54) is 6.07 Å². The predicted octanol–water partition coefficient (Wildman–Crippen LogP) is 4.46. The third-order valence-electron chi connectivity index (χ3n) is 4.07. The first-order chi connectivity index (χ1) is 8.30. The number of hydrogen-bond donors (Lipinski definition) is 1. The molecular weight excluding hydrogens is 295 g/mol. The molecule has 0 bridgehead atoms. The Hall–Kier alpha value is -0.410. The van der Waals surface area contributed by atoms with E-state index in [2.05, 4.69) is 29.8 Å². The minimum atomic E-state index is -0.732. The summed E-state index contributed by atoms with van der Waals surface area (Å²) in [4.78, 5) is 0. The Bertz CT molecular complexity index is 432. The normalized spacial score (nSPS) is 21.8. The van der Waals surface area contributed by atoms with E-state index in [1.54, 1.807) is 6.07 Å². The maximum Gasteiger partial charge on any atom is 0.127 e. The van der Waals surface area contributed by atoms with E-state index in [0.717, 1.165) is 30.2 Å². The van der Waals surface area contributed by atoms with Crippen molar-refractivity contribution in [2.75, 3.05) is 0 Å². The average Bonchev–Trinajstić information content (AvgIpc) is 2.28. The van der Waals surface area contributed by atoms with Crippen LogP contribution in [-0.4, -0.2) is 10.7 Å². The summed E-state index contributed by atoms with van der Waals surface area (Å²) in [7, 11) is 0. The minimum absolute atomic E-state index is 0.234. The van der Waals surface area contributed by atoms with Crippen LogP contribution in [0.3, 0.4) is 0 Å². The molecule has 1 fully saturated rings. The van der Waals surface area contributed by atoms with Gasteiger partial charge in [0, 0.05) is 10.9 Å². The molecule has 1 saturated carbocycles. The first-order valence-electron chi connectivity index (χ1n) is 6.46. The van der Waals surface area contributed by atoms with Gasteiger partial charge in [-0.1, -0.05) is 35.8 Å². The van der Waals surface area contributed by atoms with Gasteiger partial charge in [-0.15, -0.1) is 0 Å². The topological polar surface area (TPSA) is 20.2 Å². The minimum Gasteiger partial charge on any atom is -0.390 e. The summed E-state index contributed by atoms with van der Waals surface area (Å²) < 4.78 is 14.5. The second-order valence-corrected chi connectivity index (χ2v) is 7.22. The van der Waals surface area contributed by atoms with Gasteiger partial charge in [-0.2, -0.15) is 0 Å². The number of halogens is 2. The van der Waals surface area contributed by atoms with Crippen LogP contribution in [0.5, 0.6) is 0 Å². The van der Waals surface area contributed by atoms with Crippen LogP contribution in [0.1, 0.15) is 45.1 Å². The van der Waals surface area contributed by atoms with Gasteiger partial charge in [0.2, 0.25) is 0 Å². The molecule has 0 unspecified atom stereocenters. The molecule has 1 aliphatic carbocycles. The molecule has 0 aliphatic heterocycles. The van der Waals surface area contributed by atoms with Gasteiger partial charge in [-0.3, -0.25) is 0 Å². The maximum absolute atomic E-state index is 13.8. The molecule has 0 saturated heterocycles. The smallest absolute Gasteiger partial charge is 0.127 e. The molecule has 0 atom stereocenters. The lowest BCUT2D eigenvalue weighted by molar-refractivity contribution is -0.0256. The highest BCUT2D eigenvalue weighted by molar-refractivity contribution is 9.10. The summed E-state index contributed by atoms with van der Waals surface area (Å²) in [5.41, 5.74) is 0.190. The fourth-order valence-electron chi connectivity index (χ4n) is 2.59. The Morgan fingerprint density at radius 3 is 2.39 bits per heavy atom. The van der Waals surface area contributed by atoms with Crippen molar-refractivity contribution in [2.24, 2.45) is 5.41 Å². The standard InChI is InChI=1S/C15H20BrFO/c1-14(2)5-7-15(18,8-6-14)10-11-3-4-12(16)9-13(11)17/h3-4,9,18H,5-8,10H2,1-2H3. The van der Waals surface area contributed by atoms with Crippen molar-refractivity contribution in [1.29, 1.82) is 0 Å². The van der Waals surface area contributed by atoms with E-state index in [9.17, 15) is 9.50 Å². The monoisotopic (exact) mass is 314 g/mol. The van der Waals surface area contributed by atoms with Gasteiger partial charge in [-0.05, 0) is 48.8 Å². The Labute approximate surface area is 117 Å². The van der Waals surface area contributed by atoms with Crippen LogP contribution >= 0.6 is 15.9 Å². The molecule has 1 aliphatic rings. The molecule has 0 radical (unpaired) electrons. The van der Waals surface area contributed by atoms with Crippen LogP contribution in [0, 0.1) is 11.2 Å². The summed E-state index contributed by atoms with van der Waals surface area (Å²) in [5.74, 6) is -0.234. The molecule has 0 spiro atoms. The van der Waals surface area contributed by atoms with E-state index >= 15 is 0 Å². The summed E-state index contributed by atoms with van der Waals surface area (Å²) in [6, 6.07) is 5.05. The third-order valence-corrected chi connectivity index (χ3v) is 4.56. The number of rotatable bonds is 2. The molecule has 0 aromatic heterocycles. The van der Waals surface area contributed by atoms with Crippen molar-refractivity contribution in [1.82, 2.24) is 0 Å². The number of hydrogen-bond acceptors (Lipinski definition) is 1. The van der Waals surface area contributed by atoms with Gasteiger partial charge in [0.1, 0.15) is 5.82 Å². The van der Waals surface area contributed by atoms with Crippen LogP contribution in [-0.2, 0) is 6.42 Å². The molecule has 0 amide bonds. The molecule has 1 aromatic carbocycles. The molecule has 1 nitrogen and oxygen atoms in total. The molecular formula is C15H20BrFO. The zero-order valence-corrected chi connectivity index (χ0v) is 12.6. The molecule has 1 N–H and O–H groups in total. The van der Waals surface area contributed by atoms with Gasteiger partial charge < -0.3 is 5.11 Å². The Morgan fingerprint density at radius 2 is 1.83 bits per heavy atom. The van der Waals surface area contributed by atoms with Crippen molar-refractivity contribution in [3.8, 4) is 0 Å². The lowest BCUT2D eigenvalue weighted by Gasteiger charge is -2.40. The highest BCUT2D eigenvalue weighted by Gasteiger charge is 2.37. The lowest BCUT2D eigenvalue weighted by atomic mass is 9.69. The average molecular weight is 315 g/mol. The molecule has 3 heteroatoms. The predicted molar refractivity (Wildman–Crippen MR) is 75.0 cm³/mol. The van der Waals surface area contributed by atoms with Gasteiger partial charge in [-0.25, -0.2) is 4.39 Å². The van der Waals surface area contributed by atoms with Crippen LogP contribution in [0.2, 0.25) is 0 Å². The van der Waals surface area contributed by atoms with E-state index in [-0.39, 0.29) is 5.82 Å². The SMILES string of the molecule is CC1(C)CCC(O)(Cc2ccc(Br)cc2F)CC1. The van der Waals surface area contributed by atoms with E-state index in [1.807, 2.05) is 6.07 Å². The Balaban J connectivity index is 2.09. The summed E-state index contributed by atoms with van der Waals surface area (Å²) in [6.07, 6.45) is 3.94. The van der Waals surface area contributed by atoms with Crippen molar-refractivity contribution in [3.63, 3.8) is 0 Å². The van der Waals surface area contributed by atoms with Crippen molar-refractivity contribution >= 4 is 15.9 Å². The highest BCUT2D eigenvalue weighted by atomic mass is 79.9. The van der Waals surface area contributed by atoms with Crippen LogP contribution in [0.25, 0.3) is 0 Å². The van der Waals surface area contributed by atoms with Gasteiger partial charge in [0.05, 0.1) is 5.60 Å². The molecule has 1 aromatic rings. The van der Waals surface area contributed by atoms with Crippen molar-refractivity contribution in [3.05, 3.63) is 34.1 Å². The van der Waals surface area contributed by atoms with Gasteiger partial charge in [0.25, 0.3) is 0 Å². The van der Waals surface area contributed by atoms with Crippen LogP contribution < -0.4 is 0 Å². The van der Waals surface area contributed by atoms with E-state index in [4.69, 9.17) is 0 Å². The van der Waals surface area contributed by atoms with E-state index in [0.29, 0.717) is 17.4 Å². The van der Waals surface area contributed by atoms with Crippen LogP contribution in [0.15, 0.2) is 22.7 Å². The third kappa shape index (κ3) is 3.33. The molecule has 100 valence electrons. The van der Waals surface area contributed by atoms with E-state index < -0.39 is 5.60 Å². The highest BCUT2D eigenvalue weighted by Crippen LogP contribution is 2.41. The van der Waals surface area contributed by atoms with Gasteiger partial charge >= 0.3 is 0 Å². The number of benzene rings is 1. The maximum atomic E-state index is 13.8. The van der Waals surface area contributed by atoms with Crippen molar-refractivity contribution < 1.29 is 9.50 Å². The fourth-order valence-corrected chi connectivity index (χ4v) is 2.92. The molecule has 18 heavy (non-hydrogen) atoms.